The average molecular weight is 283 g/mol. The molecule has 5 heteroatoms. The highest BCUT2D eigenvalue weighted by molar-refractivity contribution is 5.97. The highest BCUT2D eigenvalue weighted by Gasteiger charge is 2.21. The van der Waals surface area contributed by atoms with Gasteiger partial charge in [0.05, 0.1) is 6.54 Å². The van der Waals surface area contributed by atoms with Crippen LogP contribution in [0.5, 0.6) is 0 Å². The van der Waals surface area contributed by atoms with Gasteiger partial charge in [-0.15, -0.1) is 0 Å². The van der Waals surface area contributed by atoms with Gasteiger partial charge in [0.1, 0.15) is 0 Å². The number of aromatic nitrogens is 1. The van der Waals surface area contributed by atoms with Gasteiger partial charge in [0, 0.05) is 36.7 Å². The number of carbonyl (C=O) groups is 2. The van der Waals surface area contributed by atoms with Crippen molar-refractivity contribution in [2.45, 2.75) is 6.42 Å². The molecule has 2 aromatic rings. The van der Waals surface area contributed by atoms with Gasteiger partial charge in [0.25, 0.3) is 5.91 Å². The lowest BCUT2D eigenvalue weighted by Crippen LogP contribution is -2.37. The fourth-order valence-electron chi connectivity index (χ4n) is 2.47. The molecule has 0 radical (unpaired) electrons. The van der Waals surface area contributed by atoms with Crippen molar-refractivity contribution in [3.63, 3.8) is 0 Å². The molecule has 2 amide bonds. The van der Waals surface area contributed by atoms with Crippen LogP contribution in [-0.4, -0.2) is 40.9 Å². The van der Waals surface area contributed by atoms with Crippen molar-refractivity contribution in [3.05, 3.63) is 54.4 Å². The van der Waals surface area contributed by atoms with Gasteiger partial charge in [-0.2, -0.15) is 0 Å². The summed E-state index contributed by atoms with van der Waals surface area (Å²) in [5.41, 5.74) is 1.54. The van der Waals surface area contributed by atoms with Crippen molar-refractivity contribution in [1.82, 2.24) is 14.8 Å². The predicted molar refractivity (Wildman–Crippen MR) is 79.3 cm³/mol. The summed E-state index contributed by atoms with van der Waals surface area (Å²) >= 11 is 0. The molecule has 1 aliphatic rings. The number of hydrogen-bond acceptors (Lipinski definition) is 2. The first-order chi connectivity index (χ1) is 10.2. The lowest BCUT2D eigenvalue weighted by Gasteiger charge is -2.19. The Kier molecular flexibility index (Phi) is 3.73. The van der Waals surface area contributed by atoms with Crippen LogP contribution in [0.25, 0.3) is 5.69 Å². The van der Waals surface area contributed by atoms with E-state index in [4.69, 9.17) is 0 Å². The average Bonchev–Trinajstić information content (AvgIpc) is 2.96. The summed E-state index contributed by atoms with van der Waals surface area (Å²) in [5.74, 6) is -0.191. The van der Waals surface area contributed by atoms with Crippen molar-refractivity contribution >= 4 is 11.8 Å². The molecule has 3 rings (SSSR count). The molecule has 108 valence electrons. The first-order valence-electron chi connectivity index (χ1n) is 7.03. The molecule has 0 spiro atoms. The summed E-state index contributed by atoms with van der Waals surface area (Å²) in [7, 11) is 0. The molecular weight excluding hydrogens is 266 g/mol. The number of nitrogens with zero attached hydrogens (tertiary/aromatic N) is 2. The van der Waals surface area contributed by atoms with Gasteiger partial charge >= 0.3 is 0 Å². The lowest BCUT2D eigenvalue weighted by molar-refractivity contribution is -0.121. The summed E-state index contributed by atoms with van der Waals surface area (Å²) in [4.78, 5) is 25.7. The second kappa shape index (κ2) is 5.83. The lowest BCUT2D eigenvalue weighted by atomic mass is 10.1. The van der Waals surface area contributed by atoms with E-state index in [0.717, 1.165) is 12.1 Å². The largest absolute Gasteiger partial charge is 0.354 e. The number of rotatable bonds is 2. The molecular formula is C16H17N3O2. The highest BCUT2D eigenvalue weighted by atomic mass is 16.2. The van der Waals surface area contributed by atoms with Gasteiger partial charge in [-0.25, -0.2) is 0 Å². The number of hydrogen-bond donors (Lipinski definition) is 1. The highest BCUT2D eigenvalue weighted by Crippen LogP contribution is 2.13. The molecule has 1 saturated heterocycles. The fourth-order valence-corrected chi connectivity index (χ4v) is 2.47. The molecule has 1 aromatic carbocycles. The zero-order valence-corrected chi connectivity index (χ0v) is 11.7. The van der Waals surface area contributed by atoms with Gasteiger partial charge in [-0.1, -0.05) is 6.07 Å². The molecule has 1 aliphatic heterocycles. The van der Waals surface area contributed by atoms with E-state index in [0.29, 0.717) is 18.7 Å². The molecule has 1 fully saturated rings. The second-order valence-corrected chi connectivity index (χ2v) is 5.07. The summed E-state index contributed by atoms with van der Waals surface area (Å²) < 4.78 is 1.95. The van der Waals surface area contributed by atoms with E-state index in [-0.39, 0.29) is 18.4 Å². The standard InChI is InChI=1S/C16H17N3O2/c20-15-12-19(10-4-7-17-15)16(21)13-5-3-6-14(11-13)18-8-1-2-9-18/h1-3,5-6,8-9,11H,4,7,10,12H2,(H,17,20). The number of carbonyl (C=O) groups excluding carboxylic acids is 2. The van der Waals surface area contributed by atoms with Crippen molar-refractivity contribution in [3.8, 4) is 5.69 Å². The molecule has 0 aliphatic carbocycles. The Bertz CT molecular complexity index is 649. The zero-order valence-electron chi connectivity index (χ0n) is 11.7. The first kappa shape index (κ1) is 13.4. The van der Waals surface area contributed by atoms with E-state index in [1.165, 1.54) is 0 Å². The Balaban J connectivity index is 1.84. The second-order valence-electron chi connectivity index (χ2n) is 5.07. The van der Waals surface area contributed by atoms with Gasteiger partial charge in [0.2, 0.25) is 5.91 Å². The van der Waals surface area contributed by atoms with Crippen LogP contribution in [0.4, 0.5) is 0 Å². The van der Waals surface area contributed by atoms with Gasteiger partial charge in [-0.3, -0.25) is 9.59 Å². The van der Waals surface area contributed by atoms with Crippen LogP contribution < -0.4 is 5.32 Å². The fraction of sp³-hybridized carbons (Fsp3) is 0.250. The molecule has 0 bridgehead atoms. The van der Waals surface area contributed by atoms with E-state index < -0.39 is 0 Å². The molecule has 0 saturated carbocycles. The summed E-state index contributed by atoms with van der Waals surface area (Å²) in [6.07, 6.45) is 4.65. The van der Waals surface area contributed by atoms with E-state index in [2.05, 4.69) is 5.32 Å². The Morgan fingerprint density at radius 3 is 2.76 bits per heavy atom. The third-order valence-electron chi connectivity index (χ3n) is 3.54. The third kappa shape index (κ3) is 2.97. The summed E-state index contributed by atoms with van der Waals surface area (Å²) in [6, 6.07) is 11.3. The maximum atomic E-state index is 12.6. The monoisotopic (exact) mass is 283 g/mol. The maximum Gasteiger partial charge on any atom is 0.254 e. The number of amides is 2. The SMILES string of the molecule is O=C1CN(C(=O)c2cccc(-n3cccc3)c2)CCCN1. The molecule has 1 aromatic heterocycles. The smallest absolute Gasteiger partial charge is 0.254 e. The molecule has 2 heterocycles. The molecule has 0 unspecified atom stereocenters. The minimum absolute atomic E-state index is 0.0950. The number of benzene rings is 1. The van der Waals surface area contributed by atoms with E-state index in [1.54, 1.807) is 11.0 Å². The third-order valence-corrected chi connectivity index (χ3v) is 3.54. The quantitative estimate of drug-likeness (QED) is 0.906. The minimum Gasteiger partial charge on any atom is -0.354 e. The van der Waals surface area contributed by atoms with E-state index >= 15 is 0 Å². The zero-order chi connectivity index (χ0) is 14.7. The van der Waals surface area contributed by atoms with Crippen LogP contribution >= 0.6 is 0 Å². The van der Waals surface area contributed by atoms with Crippen LogP contribution in [0.2, 0.25) is 0 Å². The van der Waals surface area contributed by atoms with Gasteiger partial charge in [0.15, 0.2) is 0 Å². The summed E-state index contributed by atoms with van der Waals surface area (Å²) in [5, 5.41) is 2.78. The van der Waals surface area contributed by atoms with Crippen molar-refractivity contribution < 1.29 is 9.59 Å². The molecule has 1 N–H and O–H groups in total. The summed E-state index contributed by atoms with van der Waals surface area (Å²) in [6.45, 7) is 1.37. The topological polar surface area (TPSA) is 54.3 Å². The minimum atomic E-state index is -0.0962. The van der Waals surface area contributed by atoms with E-state index in [9.17, 15) is 9.59 Å². The van der Waals surface area contributed by atoms with Crippen molar-refractivity contribution in [2.24, 2.45) is 0 Å². The molecule has 21 heavy (non-hydrogen) atoms. The normalized spacial score (nSPS) is 15.4. The Hall–Kier alpha value is -2.56. The Morgan fingerprint density at radius 1 is 1.14 bits per heavy atom. The first-order valence-corrected chi connectivity index (χ1v) is 7.03. The van der Waals surface area contributed by atoms with Crippen LogP contribution in [0.1, 0.15) is 16.8 Å². The maximum absolute atomic E-state index is 12.6. The van der Waals surface area contributed by atoms with Crippen LogP contribution in [0.3, 0.4) is 0 Å². The Labute approximate surface area is 123 Å². The van der Waals surface area contributed by atoms with Crippen molar-refractivity contribution in [1.29, 1.82) is 0 Å². The van der Waals surface area contributed by atoms with Crippen LogP contribution in [-0.2, 0) is 4.79 Å². The van der Waals surface area contributed by atoms with Gasteiger partial charge in [-0.05, 0) is 36.8 Å². The predicted octanol–water partition coefficient (Wildman–Crippen LogP) is 1.44. The van der Waals surface area contributed by atoms with E-state index in [1.807, 2.05) is 47.3 Å². The molecule has 5 nitrogen and oxygen atoms in total. The molecule has 0 atom stereocenters. The van der Waals surface area contributed by atoms with Crippen molar-refractivity contribution in [2.75, 3.05) is 19.6 Å². The van der Waals surface area contributed by atoms with Gasteiger partial charge < -0.3 is 14.8 Å². The number of nitrogens with one attached hydrogen (secondary N) is 1. The van der Waals surface area contributed by atoms with Crippen LogP contribution in [0.15, 0.2) is 48.8 Å². The Morgan fingerprint density at radius 2 is 1.95 bits per heavy atom. The van der Waals surface area contributed by atoms with Crippen LogP contribution in [0, 0.1) is 0 Å².